The highest BCUT2D eigenvalue weighted by Crippen LogP contribution is 2.30. The van der Waals surface area contributed by atoms with Gasteiger partial charge in [0.25, 0.3) is 0 Å². The van der Waals surface area contributed by atoms with Gasteiger partial charge in [-0.25, -0.2) is 4.98 Å². The summed E-state index contributed by atoms with van der Waals surface area (Å²) >= 11 is 3.50. The first-order chi connectivity index (χ1) is 11.7. The molecule has 0 unspecified atom stereocenters. The third-order valence-corrected chi connectivity index (χ3v) is 4.38. The van der Waals surface area contributed by atoms with Crippen molar-refractivity contribution in [2.45, 2.75) is 25.8 Å². The van der Waals surface area contributed by atoms with Gasteiger partial charge < -0.3 is 5.32 Å². The summed E-state index contributed by atoms with van der Waals surface area (Å²) in [4.78, 5) is 13.7. The average molecular weight is 381 g/mol. The maximum absolute atomic E-state index is 4.77. The van der Waals surface area contributed by atoms with Crippen LogP contribution in [0.1, 0.15) is 18.5 Å². The molecule has 0 bridgehead atoms. The molecule has 24 heavy (non-hydrogen) atoms. The van der Waals surface area contributed by atoms with Crippen molar-refractivity contribution in [3.8, 4) is 22.5 Å². The van der Waals surface area contributed by atoms with Gasteiger partial charge in [0, 0.05) is 34.2 Å². The number of aryl methyl sites for hydroxylation is 1. The summed E-state index contributed by atoms with van der Waals surface area (Å²) in [6.07, 6.45) is 6.08. The lowest BCUT2D eigenvalue weighted by molar-refractivity contribution is 1.11. The summed E-state index contributed by atoms with van der Waals surface area (Å²) in [7, 11) is 0. The Labute approximate surface area is 149 Å². The first-order valence-electron chi connectivity index (χ1n) is 8.01. The molecular formula is C19H17BrN4. The second kappa shape index (κ2) is 6.32. The average Bonchev–Trinajstić information content (AvgIpc) is 3.38. The smallest absolute Gasteiger partial charge is 0.127 e. The molecule has 1 N–H and O–H groups in total. The highest BCUT2D eigenvalue weighted by Gasteiger charge is 2.22. The number of hydrogen-bond acceptors (Lipinski definition) is 4. The Kier molecular flexibility index (Phi) is 4.02. The number of pyridine rings is 3. The molecule has 3 aromatic rings. The van der Waals surface area contributed by atoms with Crippen molar-refractivity contribution in [2.75, 3.05) is 5.32 Å². The van der Waals surface area contributed by atoms with E-state index < -0.39 is 0 Å². The van der Waals surface area contributed by atoms with Gasteiger partial charge in [-0.15, -0.1) is 0 Å². The lowest BCUT2D eigenvalue weighted by Gasteiger charge is -2.11. The molecule has 4 rings (SSSR count). The molecule has 4 nitrogen and oxygen atoms in total. The topological polar surface area (TPSA) is 50.7 Å². The minimum absolute atomic E-state index is 0.548. The van der Waals surface area contributed by atoms with Crippen LogP contribution in [-0.2, 0) is 0 Å². The van der Waals surface area contributed by atoms with Gasteiger partial charge in [0.1, 0.15) is 5.82 Å². The minimum Gasteiger partial charge on any atom is -0.367 e. The normalized spacial score (nSPS) is 13.8. The molecule has 3 aromatic heterocycles. The highest BCUT2D eigenvalue weighted by molar-refractivity contribution is 9.10. The fraction of sp³-hybridized carbons (Fsp3) is 0.211. The predicted molar refractivity (Wildman–Crippen MR) is 99.8 cm³/mol. The number of halogens is 1. The quantitative estimate of drug-likeness (QED) is 0.702. The van der Waals surface area contributed by atoms with Gasteiger partial charge in [-0.2, -0.15) is 0 Å². The van der Waals surface area contributed by atoms with Gasteiger partial charge in [0.2, 0.25) is 0 Å². The van der Waals surface area contributed by atoms with Gasteiger partial charge >= 0.3 is 0 Å². The molecule has 3 heterocycles. The van der Waals surface area contributed by atoms with Crippen LogP contribution >= 0.6 is 15.9 Å². The zero-order valence-electron chi connectivity index (χ0n) is 13.3. The van der Waals surface area contributed by atoms with E-state index in [1.54, 1.807) is 6.20 Å². The molecular weight excluding hydrogens is 364 g/mol. The molecule has 0 spiro atoms. The zero-order chi connectivity index (χ0) is 16.5. The third kappa shape index (κ3) is 3.46. The number of aromatic nitrogens is 3. The minimum atomic E-state index is 0.548. The van der Waals surface area contributed by atoms with E-state index in [-0.39, 0.29) is 0 Å². The molecule has 1 aliphatic carbocycles. The Hall–Kier alpha value is -2.27. The van der Waals surface area contributed by atoms with Gasteiger partial charge in [-0.05, 0) is 71.6 Å². The van der Waals surface area contributed by atoms with E-state index in [0.717, 1.165) is 38.5 Å². The highest BCUT2D eigenvalue weighted by atomic mass is 79.9. The largest absolute Gasteiger partial charge is 0.367 e. The van der Waals surface area contributed by atoms with Crippen molar-refractivity contribution in [1.29, 1.82) is 0 Å². The molecule has 1 aliphatic rings. The van der Waals surface area contributed by atoms with Crippen molar-refractivity contribution in [3.05, 3.63) is 59.0 Å². The second-order valence-corrected chi connectivity index (χ2v) is 7.02. The van der Waals surface area contributed by atoms with Crippen molar-refractivity contribution in [2.24, 2.45) is 0 Å². The van der Waals surface area contributed by atoms with Crippen molar-refractivity contribution < 1.29 is 0 Å². The van der Waals surface area contributed by atoms with E-state index in [2.05, 4.69) is 49.4 Å². The molecule has 1 fully saturated rings. The summed E-state index contributed by atoms with van der Waals surface area (Å²) < 4.78 is 0.962. The molecule has 0 atom stereocenters. The van der Waals surface area contributed by atoms with Crippen LogP contribution in [0.5, 0.6) is 0 Å². The monoisotopic (exact) mass is 380 g/mol. The number of anilines is 1. The van der Waals surface area contributed by atoms with Gasteiger partial charge in [-0.1, -0.05) is 6.07 Å². The lowest BCUT2D eigenvalue weighted by atomic mass is 10.1. The van der Waals surface area contributed by atoms with Crippen molar-refractivity contribution >= 4 is 21.7 Å². The SMILES string of the molecule is Cc1cccc(-c2cc(-c3cncc(Br)c3)cc(NC3CC3)n2)n1. The van der Waals surface area contributed by atoms with Crippen LogP contribution in [0, 0.1) is 6.92 Å². The maximum Gasteiger partial charge on any atom is 0.127 e. The van der Waals surface area contributed by atoms with E-state index in [1.165, 1.54) is 12.8 Å². The lowest BCUT2D eigenvalue weighted by Crippen LogP contribution is -2.04. The maximum atomic E-state index is 4.77. The van der Waals surface area contributed by atoms with Crippen LogP contribution < -0.4 is 5.32 Å². The van der Waals surface area contributed by atoms with E-state index in [4.69, 9.17) is 4.98 Å². The van der Waals surface area contributed by atoms with Crippen LogP contribution in [0.3, 0.4) is 0 Å². The molecule has 0 amide bonds. The fourth-order valence-corrected chi connectivity index (χ4v) is 2.96. The Bertz CT molecular complexity index is 826. The van der Waals surface area contributed by atoms with Crippen LogP contribution in [0.15, 0.2) is 53.3 Å². The first kappa shape index (κ1) is 15.3. The van der Waals surface area contributed by atoms with E-state index in [0.29, 0.717) is 6.04 Å². The number of hydrogen-bond donors (Lipinski definition) is 1. The summed E-state index contributed by atoms with van der Waals surface area (Å²) in [5.74, 6) is 0.897. The summed E-state index contributed by atoms with van der Waals surface area (Å²) in [5, 5.41) is 3.49. The van der Waals surface area contributed by atoms with E-state index in [1.807, 2.05) is 31.3 Å². The summed E-state index contributed by atoms with van der Waals surface area (Å²) in [6, 6.07) is 12.8. The first-order valence-corrected chi connectivity index (χ1v) is 8.80. The van der Waals surface area contributed by atoms with Crippen LogP contribution in [0.2, 0.25) is 0 Å². The fourth-order valence-electron chi connectivity index (χ4n) is 2.59. The summed E-state index contributed by atoms with van der Waals surface area (Å²) in [5.41, 5.74) is 4.89. The van der Waals surface area contributed by atoms with Crippen LogP contribution in [0.25, 0.3) is 22.5 Å². The Balaban J connectivity index is 1.82. The van der Waals surface area contributed by atoms with Crippen LogP contribution in [0.4, 0.5) is 5.82 Å². The van der Waals surface area contributed by atoms with Gasteiger partial charge in [-0.3, -0.25) is 9.97 Å². The standard InChI is InChI=1S/C19H17BrN4/c1-12-3-2-4-17(22-12)18-8-13(14-7-15(20)11-21-10-14)9-19(24-18)23-16-5-6-16/h2-4,7-11,16H,5-6H2,1H3,(H,23,24). The Morgan fingerprint density at radius 2 is 1.88 bits per heavy atom. The second-order valence-electron chi connectivity index (χ2n) is 6.10. The summed E-state index contributed by atoms with van der Waals surface area (Å²) in [6.45, 7) is 1.99. The molecule has 1 saturated carbocycles. The number of rotatable bonds is 4. The predicted octanol–water partition coefficient (Wildman–Crippen LogP) is 4.85. The van der Waals surface area contributed by atoms with Crippen molar-refractivity contribution in [1.82, 2.24) is 15.0 Å². The van der Waals surface area contributed by atoms with E-state index >= 15 is 0 Å². The van der Waals surface area contributed by atoms with Gasteiger partial charge in [0.15, 0.2) is 0 Å². The third-order valence-electron chi connectivity index (χ3n) is 3.94. The Morgan fingerprint density at radius 1 is 1.00 bits per heavy atom. The number of nitrogens with zero attached hydrogens (tertiary/aromatic N) is 3. The molecule has 0 saturated heterocycles. The van der Waals surface area contributed by atoms with Crippen molar-refractivity contribution in [3.63, 3.8) is 0 Å². The van der Waals surface area contributed by atoms with E-state index in [9.17, 15) is 0 Å². The zero-order valence-corrected chi connectivity index (χ0v) is 14.9. The molecule has 5 heteroatoms. The molecule has 0 aromatic carbocycles. The number of nitrogens with one attached hydrogen (secondary N) is 1. The van der Waals surface area contributed by atoms with Crippen LogP contribution in [-0.4, -0.2) is 21.0 Å². The van der Waals surface area contributed by atoms with Gasteiger partial charge in [0.05, 0.1) is 11.4 Å². The molecule has 0 radical (unpaired) electrons. The Morgan fingerprint density at radius 3 is 2.62 bits per heavy atom. The molecule has 0 aliphatic heterocycles. The molecule has 120 valence electrons.